The molecule has 3 unspecified atom stereocenters. The van der Waals surface area contributed by atoms with Gasteiger partial charge in [-0.25, -0.2) is 19.0 Å². The van der Waals surface area contributed by atoms with E-state index in [2.05, 4.69) is 9.97 Å². The summed E-state index contributed by atoms with van der Waals surface area (Å²) in [5.74, 6) is -0.727. The van der Waals surface area contributed by atoms with Gasteiger partial charge in [-0.1, -0.05) is 35.3 Å². The number of amides is 2. The summed E-state index contributed by atoms with van der Waals surface area (Å²) in [5, 5.41) is 11.4. The predicted octanol–water partition coefficient (Wildman–Crippen LogP) is 6.26. The summed E-state index contributed by atoms with van der Waals surface area (Å²) in [4.78, 5) is 37.0. The average molecular weight is 647 g/mol. The zero-order valence-electron chi connectivity index (χ0n) is 23.1. The fraction of sp³-hybridized carbons (Fsp3) is 0.379. The Morgan fingerprint density at radius 2 is 2.00 bits per heavy atom. The summed E-state index contributed by atoms with van der Waals surface area (Å²) in [6.45, 7) is 0.859. The predicted molar refractivity (Wildman–Crippen MR) is 160 cm³/mol. The van der Waals surface area contributed by atoms with Gasteiger partial charge in [-0.3, -0.25) is 14.1 Å². The van der Waals surface area contributed by atoms with Gasteiger partial charge in [0, 0.05) is 53.5 Å². The molecule has 4 aliphatic rings. The Labute approximate surface area is 257 Å². The molecular formula is C29H26Cl2FN5O5S. The van der Waals surface area contributed by atoms with Crippen LogP contribution in [-0.4, -0.2) is 78.3 Å². The number of likely N-dealkylation sites (tertiary alicyclic amines) is 1. The number of fused-ring (bicyclic) bond motifs is 4. The molecule has 224 valence electrons. The van der Waals surface area contributed by atoms with Gasteiger partial charge in [-0.2, -0.15) is 0 Å². The summed E-state index contributed by atoms with van der Waals surface area (Å²) in [7, 11) is -0.293. The number of rotatable bonds is 4. The summed E-state index contributed by atoms with van der Waals surface area (Å²) in [6.07, 6.45) is 3.62. The minimum Gasteiger partial charge on any atom is -0.465 e. The lowest BCUT2D eigenvalue weighted by atomic mass is 9.79. The third kappa shape index (κ3) is 4.13. The molecule has 3 saturated heterocycles. The molecule has 4 fully saturated rings. The molecule has 14 heteroatoms. The monoisotopic (exact) mass is 645 g/mol. The summed E-state index contributed by atoms with van der Waals surface area (Å²) >= 11 is 12.6. The van der Waals surface area contributed by atoms with Crippen LogP contribution in [0.3, 0.4) is 0 Å². The van der Waals surface area contributed by atoms with Gasteiger partial charge in [0.2, 0.25) is 0 Å². The SMILES string of the molecule is COC(=O)N1CCC[C@@H]1c1cc2c(S(C)=O)nc3c(F)c(-c4cccc(Cl)c4Cl)ncc3c2n1[C@H]1C2CC1N(C(=O)O)C2. The third-order valence-corrected chi connectivity index (χ3v) is 10.7. The summed E-state index contributed by atoms with van der Waals surface area (Å²) in [6, 6.07) is 5.77. The van der Waals surface area contributed by atoms with Crippen molar-refractivity contribution in [2.75, 3.05) is 26.5 Å². The number of halogens is 3. The number of hydrogen-bond acceptors (Lipinski definition) is 6. The highest BCUT2D eigenvalue weighted by atomic mass is 35.5. The van der Waals surface area contributed by atoms with E-state index < -0.39 is 28.8 Å². The first-order valence-corrected chi connectivity index (χ1v) is 16.1. The molecule has 0 spiro atoms. The number of carboxylic acid groups (broad SMARTS) is 1. The van der Waals surface area contributed by atoms with Gasteiger partial charge >= 0.3 is 12.2 Å². The van der Waals surface area contributed by atoms with E-state index in [0.717, 1.165) is 12.1 Å². The van der Waals surface area contributed by atoms with E-state index in [1.807, 2.05) is 10.6 Å². The number of pyridine rings is 2. The molecule has 3 aromatic heterocycles. The van der Waals surface area contributed by atoms with Crippen LogP contribution in [0.5, 0.6) is 0 Å². The van der Waals surface area contributed by atoms with Crippen molar-refractivity contribution in [3.63, 3.8) is 0 Å². The Bertz CT molecular complexity index is 1890. The molecule has 1 aromatic carbocycles. The molecular weight excluding hydrogens is 620 g/mol. The van der Waals surface area contributed by atoms with E-state index in [9.17, 15) is 18.9 Å². The van der Waals surface area contributed by atoms with Crippen molar-refractivity contribution in [2.45, 2.75) is 42.4 Å². The normalized spacial score (nSPS) is 23.7. The highest BCUT2D eigenvalue weighted by Crippen LogP contribution is 2.53. The quantitative estimate of drug-likeness (QED) is 0.278. The zero-order valence-corrected chi connectivity index (χ0v) is 25.4. The molecule has 10 nitrogen and oxygen atoms in total. The highest BCUT2D eigenvalue weighted by molar-refractivity contribution is 7.84. The first-order chi connectivity index (χ1) is 20.6. The number of benzene rings is 1. The van der Waals surface area contributed by atoms with Gasteiger partial charge in [0.25, 0.3) is 0 Å². The molecule has 8 rings (SSSR count). The van der Waals surface area contributed by atoms with Crippen molar-refractivity contribution in [3.05, 3.63) is 52.0 Å². The molecule has 2 amide bonds. The molecule has 1 aliphatic carbocycles. The fourth-order valence-corrected chi connectivity index (χ4v) is 8.25. The molecule has 1 N–H and O–H groups in total. The van der Waals surface area contributed by atoms with Crippen LogP contribution in [0.4, 0.5) is 14.0 Å². The van der Waals surface area contributed by atoms with Gasteiger partial charge < -0.3 is 19.3 Å². The van der Waals surface area contributed by atoms with Crippen LogP contribution in [0.15, 0.2) is 35.5 Å². The van der Waals surface area contributed by atoms with E-state index in [1.54, 1.807) is 23.1 Å². The van der Waals surface area contributed by atoms with Gasteiger partial charge in [-0.15, -0.1) is 0 Å². The topological polar surface area (TPSA) is 118 Å². The lowest BCUT2D eigenvalue weighted by Crippen LogP contribution is -2.43. The van der Waals surface area contributed by atoms with Crippen LogP contribution in [-0.2, 0) is 15.5 Å². The van der Waals surface area contributed by atoms with Crippen LogP contribution in [0.1, 0.15) is 37.0 Å². The second-order valence-corrected chi connectivity index (χ2v) is 13.2. The molecule has 5 atom stereocenters. The van der Waals surface area contributed by atoms with Crippen LogP contribution < -0.4 is 0 Å². The smallest absolute Gasteiger partial charge is 0.410 e. The van der Waals surface area contributed by atoms with E-state index in [4.69, 9.17) is 27.9 Å². The second-order valence-electron chi connectivity index (χ2n) is 11.2. The van der Waals surface area contributed by atoms with Crippen LogP contribution in [0.25, 0.3) is 33.1 Å². The zero-order chi connectivity index (χ0) is 30.3. The van der Waals surface area contributed by atoms with E-state index in [-0.39, 0.29) is 50.3 Å². The lowest BCUT2D eigenvalue weighted by molar-refractivity contribution is 0.112. The minimum absolute atomic E-state index is 0.0181. The summed E-state index contributed by atoms with van der Waals surface area (Å²) in [5.41, 5.74) is 1.51. The second kappa shape index (κ2) is 10.3. The van der Waals surface area contributed by atoms with Crippen molar-refractivity contribution >= 4 is 68.0 Å². The van der Waals surface area contributed by atoms with E-state index in [0.29, 0.717) is 47.8 Å². The van der Waals surface area contributed by atoms with Crippen molar-refractivity contribution in [2.24, 2.45) is 5.92 Å². The average Bonchev–Trinajstić information content (AvgIpc) is 3.76. The molecule has 3 aliphatic heterocycles. The summed E-state index contributed by atoms with van der Waals surface area (Å²) < 4.78 is 36.7. The van der Waals surface area contributed by atoms with Gasteiger partial charge in [0.1, 0.15) is 16.2 Å². The fourth-order valence-electron chi connectivity index (χ4n) is 7.18. The first-order valence-electron chi connectivity index (χ1n) is 13.8. The number of carbonyl (C=O) groups is 2. The number of hydrogen-bond donors (Lipinski definition) is 1. The van der Waals surface area contributed by atoms with Crippen molar-refractivity contribution < 1.29 is 28.0 Å². The standard InChI is InChI=1S/C29H26Cl2FN5O5S/c1-42-29(40)35-8-4-7-18(35)19-10-15-26(37(19)25-13-9-20(25)36(12-13)28(38)39)16-11-33-23(14-5-3-6-17(30)21(14)31)22(32)24(16)34-27(15)43(2)41/h3,5-6,10-11,13,18,20,25H,4,7-9,12H2,1-2H3,(H,38,39)/t13?,18-,20?,25+,43?/m1/s1. The Morgan fingerprint density at radius 1 is 1.21 bits per heavy atom. The first kappa shape index (κ1) is 28.3. The van der Waals surface area contributed by atoms with Crippen LogP contribution in [0, 0.1) is 11.7 Å². The molecule has 1 saturated carbocycles. The van der Waals surface area contributed by atoms with E-state index in [1.165, 1.54) is 24.5 Å². The van der Waals surface area contributed by atoms with Crippen LogP contribution in [0.2, 0.25) is 10.0 Å². The molecule has 4 aromatic rings. The van der Waals surface area contributed by atoms with Gasteiger partial charge in [0.05, 0.1) is 51.6 Å². The van der Waals surface area contributed by atoms with E-state index >= 15 is 4.39 Å². The number of nitrogens with zero attached hydrogens (tertiary/aromatic N) is 5. The van der Waals surface area contributed by atoms with Gasteiger partial charge in [-0.05, 0) is 31.4 Å². The third-order valence-electron chi connectivity index (χ3n) is 9.04. The number of aromatic nitrogens is 3. The molecule has 2 bridgehead atoms. The van der Waals surface area contributed by atoms with Crippen LogP contribution >= 0.6 is 23.2 Å². The Balaban J connectivity index is 1.54. The van der Waals surface area contributed by atoms with Crippen molar-refractivity contribution in [1.82, 2.24) is 24.3 Å². The number of methoxy groups -OCH3 is 1. The largest absolute Gasteiger partial charge is 0.465 e. The number of ether oxygens (including phenoxy) is 1. The maximum atomic E-state index is 16.4. The molecule has 43 heavy (non-hydrogen) atoms. The highest BCUT2D eigenvalue weighted by Gasteiger charge is 2.56. The maximum absolute atomic E-state index is 16.4. The Morgan fingerprint density at radius 3 is 2.70 bits per heavy atom. The number of carbonyl (C=O) groups excluding carboxylic acids is 1. The minimum atomic E-state index is -1.62. The Hall–Kier alpha value is -3.48. The lowest BCUT2D eigenvalue weighted by Gasteiger charge is -2.40. The molecule has 6 heterocycles. The van der Waals surface area contributed by atoms with Crippen molar-refractivity contribution in [3.8, 4) is 11.3 Å². The Kier molecular flexibility index (Phi) is 6.79. The maximum Gasteiger partial charge on any atom is 0.410 e. The molecule has 0 radical (unpaired) electrons. The van der Waals surface area contributed by atoms with Gasteiger partial charge in [0.15, 0.2) is 5.82 Å². The van der Waals surface area contributed by atoms with Crippen molar-refractivity contribution in [1.29, 1.82) is 0 Å².